The Kier molecular flexibility index (Phi) is 5.45. The summed E-state index contributed by atoms with van der Waals surface area (Å²) < 4.78 is 33.9. The van der Waals surface area contributed by atoms with E-state index in [0.29, 0.717) is 35.4 Å². The molecule has 1 aliphatic carbocycles. The first-order chi connectivity index (χ1) is 15.1. The number of pyridine rings is 1. The summed E-state index contributed by atoms with van der Waals surface area (Å²) in [6.07, 6.45) is 5.43. The van der Waals surface area contributed by atoms with Crippen LogP contribution in [0.5, 0.6) is 5.88 Å². The van der Waals surface area contributed by atoms with Gasteiger partial charge in [-0.1, -0.05) is 29.8 Å². The lowest BCUT2D eigenvalue weighted by Gasteiger charge is -2.12. The average molecular weight is 439 g/mol. The Hall–Kier alpha value is -2.79. The SMILES string of the molecule is Fc1cccc(F)c1C1=N[C@@H](c2ccc(-c3ccc(OCC4CC4)nc3)cc2Cl)CC1. The molecule has 0 spiro atoms. The van der Waals surface area contributed by atoms with Crippen LogP contribution in [0.3, 0.4) is 0 Å². The number of halogens is 3. The van der Waals surface area contributed by atoms with E-state index in [1.54, 1.807) is 6.20 Å². The molecule has 6 heteroatoms. The van der Waals surface area contributed by atoms with Crippen molar-refractivity contribution in [2.24, 2.45) is 10.9 Å². The maximum Gasteiger partial charge on any atom is 0.213 e. The van der Waals surface area contributed by atoms with Crippen LogP contribution in [-0.4, -0.2) is 17.3 Å². The fraction of sp³-hybridized carbons (Fsp3) is 0.280. The summed E-state index contributed by atoms with van der Waals surface area (Å²) in [6, 6.07) is 13.3. The van der Waals surface area contributed by atoms with E-state index in [0.717, 1.165) is 23.3 Å². The molecule has 0 bridgehead atoms. The van der Waals surface area contributed by atoms with Gasteiger partial charge >= 0.3 is 0 Å². The van der Waals surface area contributed by atoms with Gasteiger partial charge in [0.05, 0.1) is 18.2 Å². The Balaban J connectivity index is 1.34. The van der Waals surface area contributed by atoms with Gasteiger partial charge in [0.15, 0.2) is 0 Å². The van der Waals surface area contributed by atoms with Gasteiger partial charge in [-0.2, -0.15) is 0 Å². The van der Waals surface area contributed by atoms with Crippen molar-refractivity contribution in [3.05, 3.63) is 82.5 Å². The fourth-order valence-electron chi connectivity index (χ4n) is 3.88. The van der Waals surface area contributed by atoms with Crippen LogP contribution in [-0.2, 0) is 0 Å². The van der Waals surface area contributed by atoms with Gasteiger partial charge in [0.25, 0.3) is 0 Å². The summed E-state index contributed by atoms with van der Waals surface area (Å²) in [7, 11) is 0. The van der Waals surface area contributed by atoms with Crippen molar-refractivity contribution in [2.45, 2.75) is 31.7 Å². The second-order valence-electron chi connectivity index (χ2n) is 8.10. The first-order valence-electron chi connectivity index (χ1n) is 10.5. The Morgan fingerprint density at radius 3 is 2.42 bits per heavy atom. The molecule has 1 atom stereocenters. The van der Waals surface area contributed by atoms with E-state index in [1.165, 1.54) is 31.0 Å². The van der Waals surface area contributed by atoms with Gasteiger partial charge in [0.2, 0.25) is 5.88 Å². The monoisotopic (exact) mass is 438 g/mol. The lowest BCUT2D eigenvalue weighted by Crippen LogP contribution is -2.03. The predicted octanol–water partition coefficient (Wildman–Crippen LogP) is 6.79. The minimum atomic E-state index is -0.585. The maximum atomic E-state index is 14.1. The number of aliphatic imine (C=N–C) groups is 1. The van der Waals surface area contributed by atoms with Gasteiger partial charge in [0, 0.05) is 28.6 Å². The molecule has 31 heavy (non-hydrogen) atoms. The van der Waals surface area contributed by atoms with Crippen molar-refractivity contribution in [1.29, 1.82) is 0 Å². The topological polar surface area (TPSA) is 34.5 Å². The Morgan fingerprint density at radius 1 is 0.968 bits per heavy atom. The molecule has 1 aromatic heterocycles. The highest BCUT2D eigenvalue weighted by Gasteiger charge is 2.26. The maximum absolute atomic E-state index is 14.1. The van der Waals surface area contributed by atoms with E-state index in [9.17, 15) is 8.78 Å². The molecule has 2 aromatic carbocycles. The van der Waals surface area contributed by atoms with Gasteiger partial charge in [-0.3, -0.25) is 4.99 Å². The zero-order valence-corrected chi connectivity index (χ0v) is 17.6. The number of benzene rings is 2. The first kappa shape index (κ1) is 20.1. The minimum absolute atomic E-state index is 0.0344. The van der Waals surface area contributed by atoms with Crippen molar-refractivity contribution in [3.8, 4) is 17.0 Å². The van der Waals surface area contributed by atoms with Crippen molar-refractivity contribution in [2.75, 3.05) is 6.61 Å². The molecule has 3 nitrogen and oxygen atoms in total. The normalized spacial score (nSPS) is 18.2. The van der Waals surface area contributed by atoms with Crippen LogP contribution in [0.2, 0.25) is 5.02 Å². The fourth-order valence-corrected chi connectivity index (χ4v) is 4.19. The second-order valence-corrected chi connectivity index (χ2v) is 8.51. The Morgan fingerprint density at radius 2 is 1.74 bits per heavy atom. The smallest absolute Gasteiger partial charge is 0.213 e. The van der Waals surface area contributed by atoms with E-state index in [-0.39, 0.29) is 11.6 Å². The van der Waals surface area contributed by atoms with Crippen molar-refractivity contribution >= 4 is 17.3 Å². The third kappa shape index (κ3) is 4.33. The molecule has 2 aliphatic rings. The molecule has 1 saturated carbocycles. The zero-order chi connectivity index (χ0) is 21.4. The first-order valence-corrected chi connectivity index (χ1v) is 10.9. The molecule has 0 unspecified atom stereocenters. The van der Waals surface area contributed by atoms with Gasteiger partial charge < -0.3 is 4.74 Å². The van der Waals surface area contributed by atoms with Crippen LogP contribution >= 0.6 is 11.6 Å². The van der Waals surface area contributed by atoms with E-state index in [4.69, 9.17) is 16.3 Å². The van der Waals surface area contributed by atoms with E-state index >= 15 is 0 Å². The summed E-state index contributed by atoms with van der Waals surface area (Å²) >= 11 is 6.58. The molecular weight excluding hydrogens is 418 g/mol. The van der Waals surface area contributed by atoms with Crippen LogP contribution in [0.15, 0.2) is 59.7 Å². The lowest BCUT2D eigenvalue weighted by molar-refractivity contribution is 0.288. The van der Waals surface area contributed by atoms with E-state index in [2.05, 4.69) is 9.98 Å². The molecule has 1 fully saturated rings. The predicted molar refractivity (Wildman–Crippen MR) is 118 cm³/mol. The van der Waals surface area contributed by atoms with Crippen LogP contribution in [0, 0.1) is 17.6 Å². The second kappa shape index (κ2) is 8.39. The van der Waals surface area contributed by atoms with Crippen molar-refractivity contribution < 1.29 is 13.5 Å². The molecule has 3 aromatic rings. The Labute approximate surface area is 184 Å². The minimum Gasteiger partial charge on any atom is -0.477 e. The third-order valence-corrected chi connectivity index (χ3v) is 6.14. The van der Waals surface area contributed by atoms with Gasteiger partial charge in [0.1, 0.15) is 11.6 Å². The van der Waals surface area contributed by atoms with Crippen LogP contribution < -0.4 is 4.74 Å². The highest BCUT2D eigenvalue weighted by atomic mass is 35.5. The van der Waals surface area contributed by atoms with Gasteiger partial charge in [-0.15, -0.1) is 0 Å². The van der Waals surface area contributed by atoms with Crippen LogP contribution in [0.1, 0.15) is 42.9 Å². The van der Waals surface area contributed by atoms with E-state index in [1.807, 2.05) is 30.3 Å². The highest BCUT2D eigenvalue weighted by Crippen LogP contribution is 2.37. The number of nitrogens with zero attached hydrogens (tertiary/aromatic N) is 2. The number of rotatable bonds is 6. The van der Waals surface area contributed by atoms with Crippen LogP contribution in [0.25, 0.3) is 11.1 Å². The largest absolute Gasteiger partial charge is 0.477 e. The Bertz CT molecular complexity index is 1120. The zero-order valence-electron chi connectivity index (χ0n) is 16.8. The molecule has 0 saturated heterocycles. The summed E-state index contributed by atoms with van der Waals surface area (Å²) in [6.45, 7) is 0.730. The lowest BCUT2D eigenvalue weighted by atomic mass is 9.99. The van der Waals surface area contributed by atoms with Gasteiger partial charge in [-0.05, 0) is 67.0 Å². The molecule has 0 radical (unpaired) electrons. The molecular formula is C25H21ClF2N2O. The molecule has 2 heterocycles. The van der Waals surface area contributed by atoms with Crippen molar-refractivity contribution in [3.63, 3.8) is 0 Å². The van der Waals surface area contributed by atoms with Gasteiger partial charge in [-0.25, -0.2) is 13.8 Å². The third-order valence-electron chi connectivity index (χ3n) is 5.81. The number of aromatic nitrogens is 1. The molecule has 1 aliphatic heterocycles. The van der Waals surface area contributed by atoms with Crippen molar-refractivity contribution in [1.82, 2.24) is 4.98 Å². The number of ether oxygens (including phenoxy) is 1. The quantitative estimate of drug-likeness (QED) is 0.424. The molecule has 0 N–H and O–H groups in total. The molecule has 158 valence electrons. The summed E-state index contributed by atoms with van der Waals surface area (Å²) in [5, 5.41) is 0.579. The molecule has 0 amide bonds. The summed E-state index contributed by atoms with van der Waals surface area (Å²) in [5.74, 6) is 0.142. The van der Waals surface area contributed by atoms with Crippen LogP contribution in [0.4, 0.5) is 8.78 Å². The average Bonchev–Trinajstić information content (AvgIpc) is 3.48. The van der Waals surface area contributed by atoms with E-state index < -0.39 is 11.6 Å². The highest BCUT2D eigenvalue weighted by molar-refractivity contribution is 6.31. The number of hydrogen-bond acceptors (Lipinski definition) is 3. The number of hydrogen-bond donors (Lipinski definition) is 0. The molecule has 5 rings (SSSR count). The standard InChI is InChI=1S/C25H21ClF2N2O/c26-19-12-16(17-7-11-24(29-13-17)31-14-15-4-5-15)6-8-18(19)22-9-10-23(30-22)25-20(27)2-1-3-21(25)28/h1-3,6-8,11-13,15,22H,4-5,9-10,14H2/t22-/m1/s1. The summed E-state index contributed by atoms with van der Waals surface area (Å²) in [5.41, 5.74) is 3.16. The summed E-state index contributed by atoms with van der Waals surface area (Å²) in [4.78, 5) is 8.97.